The van der Waals surface area contributed by atoms with E-state index in [4.69, 9.17) is 9.90 Å². The molecule has 0 aliphatic rings. The first-order valence-corrected chi connectivity index (χ1v) is 13.5. The van der Waals surface area contributed by atoms with Crippen LogP contribution < -0.4 is 9.62 Å². The number of rotatable bonds is 9. The molecule has 0 saturated carbocycles. The molecule has 0 aliphatic carbocycles. The van der Waals surface area contributed by atoms with Crippen molar-refractivity contribution in [3.05, 3.63) is 70.3 Å². The second kappa shape index (κ2) is 13.0. The molecule has 10 nitrogen and oxygen atoms in total. The molecule has 15 heteroatoms. The fourth-order valence-electron chi connectivity index (χ4n) is 3.97. The number of carboxylic acids is 2. The van der Waals surface area contributed by atoms with Crippen molar-refractivity contribution in [1.82, 2.24) is 9.78 Å². The first-order valence-electron chi connectivity index (χ1n) is 12.0. The summed E-state index contributed by atoms with van der Waals surface area (Å²) in [6, 6.07) is 7.83. The van der Waals surface area contributed by atoms with E-state index < -0.39 is 34.0 Å². The number of carbonyl (C=O) groups is 2. The van der Waals surface area contributed by atoms with Crippen molar-refractivity contribution in [2.24, 2.45) is 7.05 Å². The van der Waals surface area contributed by atoms with Gasteiger partial charge in [-0.2, -0.15) is 18.3 Å². The van der Waals surface area contributed by atoms with Crippen molar-refractivity contribution < 1.29 is 45.8 Å². The van der Waals surface area contributed by atoms with Gasteiger partial charge in [-0.15, -0.1) is 0 Å². The molecule has 0 fully saturated rings. The predicted molar refractivity (Wildman–Crippen MR) is 143 cm³/mol. The number of sulfonamides is 1. The molecule has 224 valence electrons. The molecule has 1 heterocycles. The lowest BCUT2D eigenvalue weighted by atomic mass is 10.1. The van der Waals surface area contributed by atoms with Crippen molar-refractivity contribution in [3.8, 4) is 0 Å². The van der Waals surface area contributed by atoms with Gasteiger partial charge in [0.1, 0.15) is 5.82 Å². The third kappa shape index (κ3) is 8.67. The van der Waals surface area contributed by atoms with Crippen LogP contribution in [-0.2, 0) is 28.3 Å². The Balaban J connectivity index is 0.000000745. The van der Waals surface area contributed by atoms with Crippen LogP contribution in [0.25, 0.3) is 0 Å². The molecule has 0 radical (unpaired) electrons. The van der Waals surface area contributed by atoms with Crippen molar-refractivity contribution in [2.75, 3.05) is 23.2 Å². The number of nitrogens with one attached hydrogen (secondary N) is 1. The van der Waals surface area contributed by atoms with Crippen molar-refractivity contribution >= 4 is 33.3 Å². The van der Waals surface area contributed by atoms with Crippen LogP contribution in [0.5, 0.6) is 0 Å². The van der Waals surface area contributed by atoms with Gasteiger partial charge in [0.15, 0.2) is 0 Å². The molecule has 0 atom stereocenters. The van der Waals surface area contributed by atoms with Crippen LogP contribution in [0.4, 0.5) is 28.9 Å². The monoisotopic (exact) mass is 602 g/mol. The smallest absolute Gasteiger partial charge is 0.478 e. The molecule has 0 saturated heterocycles. The summed E-state index contributed by atoms with van der Waals surface area (Å²) in [6.07, 6.45) is -3.49. The molecule has 3 N–H and O–H groups in total. The predicted octanol–water partition coefficient (Wildman–Crippen LogP) is 4.69. The van der Waals surface area contributed by atoms with Crippen molar-refractivity contribution in [1.29, 1.82) is 0 Å². The summed E-state index contributed by atoms with van der Waals surface area (Å²) < 4.78 is 75.1. The molecule has 3 aromatic rings. The van der Waals surface area contributed by atoms with Crippen LogP contribution in [0, 0.1) is 26.6 Å². The fraction of sp³-hybridized carbons (Fsp3) is 0.346. The van der Waals surface area contributed by atoms with Gasteiger partial charge in [-0.1, -0.05) is 6.07 Å². The number of aromatic carboxylic acids is 1. The summed E-state index contributed by atoms with van der Waals surface area (Å²) in [5, 5.41) is 21.3. The lowest BCUT2D eigenvalue weighted by molar-refractivity contribution is -0.192. The number of hydrogen-bond acceptors (Lipinski definition) is 6. The highest BCUT2D eigenvalue weighted by Crippen LogP contribution is 2.27. The Morgan fingerprint density at radius 1 is 1.07 bits per heavy atom. The van der Waals surface area contributed by atoms with Gasteiger partial charge in [0.05, 0.1) is 21.8 Å². The molecule has 3 rings (SSSR count). The lowest BCUT2D eigenvalue weighted by Gasteiger charge is -2.22. The molecule has 41 heavy (non-hydrogen) atoms. The Kier molecular flexibility index (Phi) is 10.5. The minimum Gasteiger partial charge on any atom is -0.478 e. The standard InChI is InChI=1S/C24H29FN4O4S.C2HF3O2/c1-15-8-9-18(25)13-23(15)34(32,33)27-19-10-11-22(21(14-19)24(30)31)28(4)12-6-7-20-16(2)26-29(5)17(20)3;3-2(4,5)1(6)7/h8-11,13-14,27H,6-7,12H2,1-5H3,(H,30,31);(H,6,7). The maximum atomic E-state index is 13.6. The summed E-state index contributed by atoms with van der Waals surface area (Å²) >= 11 is 0. The van der Waals surface area contributed by atoms with Crippen molar-refractivity contribution in [3.63, 3.8) is 0 Å². The first-order chi connectivity index (χ1) is 18.8. The molecular weight excluding hydrogens is 572 g/mol. The summed E-state index contributed by atoms with van der Waals surface area (Å²) in [6.45, 7) is 6.15. The van der Waals surface area contributed by atoms with Gasteiger partial charge in [0.2, 0.25) is 0 Å². The van der Waals surface area contributed by atoms with Crippen LogP contribution in [0.1, 0.15) is 39.3 Å². The Morgan fingerprint density at radius 2 is 1.68 bits per heavy atom. The van der Waals surface area contributed by atoms with E-state index in [0.717, 1.165) is 30.3 Å². The summed E-state index contributed by atoms with van der Waals surface area (Å²) in [5.41, 5.74) is 4.18. The molecule has 1 aromatic heterocycles. The third-order valence-corrected chi connectivity index (χ3v) is 7.68. The highest BCUT2D eigenvalue weighted by molar-refractivity contribution is 7.92. The normalized spacial score (nSPS) is 11.4. The minimum absolute atomic E-state index is 0.0348. The quantitative estimate of drug-likeness (QED) is 0.300. The number of benzene rings is 2. The zero-order valence-electron chi connectivity index (χ0n) is 22.9. The number of hydrogen-bond donors (Lipinski definition) is 3. The molecule has 0 aliphatic heterocycles. The van der Waals surface area contributed by atoms with Gasteiger partial charge in [-0.3, -0.25) is 9.40 Å². The maximum absolute atomic E-state index is 13.6. The van der Waals surface area contributed by atoms with E-state index in [0.29, 0.717) is 17.8 Å². The molecular formula is C26H30F4N4O6S. The van der Waals surface area contributed by atoms with E-state index in [9.17, 15) is 35.9 Å². The molecule has 2 aromatic carbocycles. The average Bonchev–Trinajstić information content (AvgIpc) is 3.10. The number of aromatic nitrogens is 2. The van der Waals surface area contributed by atoms with Gasteiger partial charge in [0, 0.05) is 32.0 Å². The van der Waals surface area contributed by atoms with Gasteiger partial charge in [0.25, 0.3) is 10.0 Å². The summed E-state index contributed by atoms with van der Waals surface area (Å²) in [7, 11) is -0.396. The zero-order chi connectivity index (χ0) is 31.3. The van der Waals surface area contributed by atoms with Crippen LogP contribution in [0.15, 0.2) is 41.3 Å². The van der Waals surface area contributed by atoms with Gasteiger partial charge >= 0.3 is 18.1 Å². The highest BCUT2D eigenvalue weighted by atomic mass is 32.2. The van der Waals surface area contributed by atoms with E-state index in [-0.39, 0.29) is 16.1 Å². The van der Waals surface area contributed by atoms with Gasteiger partial charge in [-0.05, 0) is 75.1 Å². The number of halogens is 4. The van der Waals surface area contributed by atoms with E-state index >= 15 is 0 Å². The Hall–Kier alpha value is -4.14. The molecule has 0 amide bonds. The molecule has 0 bridgehead atoms. The summed E-state index contributed by atoms with van der Waals surface area (Å²) in [5.74, 6) is -4.61. The third-order valence-electron chi connectivity index (χ3n) is 6.15. The second-order valence-electron chi connectivity index (χ2n) is 9.15. The zero-order valence-corrected chi connectivity index (χ0v) is 23.7. The van der Waals surface area contributed by atoms with Gasteiger partial charge < -0.3 is 15.1 Å². The molecule has 0 unspecified atom stereocenters. The number of aliphatic carboxylic acids is 1. The van der Waals surface area contributed by atoms with Gasteiger partial charge in [-0.25, -0.2) is 22.4 Å². The second-order valence-corrected chi connectivity index (χ2v) is 10.8. The van der Waals surface area contributed by atoms with E-state index in [1.165, 1.54) is 29.8 Å². The number of nitrogens with zero attached hydrogens (tertiary/aromatic N) is 3. The number of anilines is 2. The number of carboxylic acid groups (broad SMARTS) is 2. The number of alkyl halides is 3. The van der Waals surface area contributed by atoms with E-state index in [1.54, 1.807) is 20.0 Å². The van der Waals surface area contributed by atoms with Crippen LogP contribution in [-0.4, -0.2) is 60.1 Å². The topological polar surface area (TPSA) is 142 Å². The van der Waals surface area contributed by atoms with Crippen LogP contribution >= 0.6 is 0 Å². The Bertz CT molecular complexity index is 1540. The first kappa shape index (κ1) is 33.1. The van der Waals surface area contributed by atoms with Crippen LogP contribution in [0.2, 0.25) is 0 Å². The molecule has 0 spiro atoms. The highest BCUT2D eigenvalue weighted by Gasteiger charge is 2.38. The largest absolute Gasteiger partial charge is 0.490 e. The lowest BCUT2D eigenvalue weighted by Crippen LogP contribution is -2.22. The summed E-state index contributed by atoms with van der Waals surface area (Å²) in [4.78, 5) is 22.5. The van der Waals surface area contributed by atoms with E-state index in [2.05, 4.69) is 9.82 Å². The average molecular weight is 603 g/mol. The fourth-order valence-corrected chi connectivity index (χ4v) is 5.28. The van der Waals surface area contributed by atoms with Crippen molar-refractivity contribution in [2.45, 2.75) is 44.7 Å². The van der Waals surface area contributed by atoms with E-state index in [1.807, 2.05) is 30.5 Å². The minimum atomic E-state index is -5.08. The number of aryl methyl sites for hydroxylation is 3. The Morgan fingerprint density at radius 3 is 2.20 bits per heavy atom. The SMILES string of the molecule is Cc1ccc(F)cc1S(=O)(=O)Nc1ccc(N(C)CCCc2c(C)nn(C)c2C)c(C(=O)O)c1.O=C(O)C(F)(F)F. The van der Waals surface area contributed by atoms with Crippen LogP contribution in [0.3, 0.4) is 0 Å². The maximum Gasteiger partial charge on any atom is 0.490 e. The Labute approximate surface area is 234 Å².